The Kier molecular flexibility index (Phi) is 5.52. The predicted octanol–water partition coefficient (Wildman–Crippen LogP) is 3.61. The minimum absolute atomic E-state index is 0.106. The molecule has 0 aliphatic heterocycles. The van der Waals surface area contributed by atoms with Crippen LogP contribution in [0.5, 0.6) is 0 Å². The van der Waals surface area contributed by atoms with Crippen molar-refractivity contribution in [3.8, 4) is 16.9 Å². The summed E-state index contributed by atoms with van der Waals surface area (Å²) < 4.78 is 6.74. The number of para-hydroxylation sites is 1. The second kappa shape index (κ2) is 8.74. The van der Waals surface area contributed by atoms with Gasteiger partial charge in [0, 0.05) is 23.4 Å². The van der Waals surface area contributed by atoms with E-state index < -0.39 is 11.8 Å². The number of rotatable bonds is 5. The molecule has 2 heterocycles. The van der Waals surface area contributed by atoms with Gasteiger partial charge in [0.1, 0.15) is 0 Å². The molecule has 148 valence electrons. The van der Waals surface area contributed by atoms with Gasteiger partial charge < -0.3 is 4.42 Å². The third-order valence-electron chi connectivity index (χ3n) is 4.27. The molecule has 30 heavy (non-hydrogen) atoms. The fourth-order valence-electron chi connectivity index (χ4n) is 2.84. The summed E-state index contributed by atoms with van der Waals surface area (Å²) in [5.41, 5.74) is 7.96. The minimum Gasteiger partial charge on any atom is -0.459 e. The Morgan fingerprint density at radius 3 is 2.33 bits per heavy atom. The highest BCUT2D eigenvalue weighted by atomic mass is 16.3. The number of carbonyl (C=O) groups excluding carboxylic acids is 2. The predicted molar refractivity (Wildman–Crippen MR) is 112 cm³/mol. The second-order valence-corrected chi connectivity index (χ2v) is 6.33. The van der Waals surface area contributed by atoms with Gasteiger partial charge in [-0.2, -0.15) is 5.10 Å². The molecule has 2 amide bonds. The van der Waals surface area contributed by atoms with E-state index in [1.54, 1.807) is 16.8 Å². The molecule has 0 atom stereocenters. The lowest BCUT2D eigenvalue weighted by atomic mass is 10.1. The van der Waals surface area contributed by atoms with Crippen molar-refractivity contribution >= 4 is 17.9 Å². The summed E-state index contributed by atoms with van der Waals surface area (Å²) in [6, 6.07) is 22.5. The van der Waals surface area contributed by atoms with E-state index in [9.17, 15) is 9.59 Å². The van der Waals surface area contributed by atoms with Crippen molar-refractivity contribution in [2.45, 2.75) is 0 Å². The van der Waals surface area contributed by atoms with Crippen LogP contribution >= 0.6 is 0 Å². The van der Waals surface area contributed by atoms with Gasteiger partial charge in [-0.25, -0.2) is 4.68 Å². The van der Waals surface area contributed by atoms with Crippen LogP contribution in [-0.4, -0.2) is 21.6 Å². The summed E-state index contributed by atoms with van der Waals surface area (Å²) in [7, 11) is 0. The largest absolute Gasteiger partial charge is 0.459 e. The summed E-state index contributed by atoms with van der Waals surface area (Å²) in [5, 5.41) is 4.69. The average Bonchev–Trinajstić information content (AvgIpc) is 3.48. The summed E-state index contributed by atoms with van der Waals surface area (Å²) in [6.07, 6.45) is 6.22. The van der Waals surface area contributed by atoms with Crippen molar-refractivity contribution in [3.05, 3.63) is 103 Å². The van der Waals surface area contributed by atoms with Crippen LogP contribution < -0.4 is 10.9 Å². The number of aromatic nitrogens is 2. The first-order valence-corrected chi connectivity index (χ1v) is 9.23. The molecule has 0 aliphatic carbocycles. The molecule has 2 aromatic carbocycles. The maximum Gasteiger partial charge on any atom is 0.305 e. The van der Waals surface area contributed by atoms with E-state index >= 15 is 0 Å². The number of nitrogens with one attached hydrogen (secondary N) is 2. The van der Waals surface area contributed by atoms with Gasteiger partial charge >= 0.3 is 5.91 Å². The molecule has 4 rings (SSSR count). The standard InChI is InChI=1S/C23H18N4O3/c28-21(24-25-23(29)20-12-7-15-30-20)14-13-18-16-27(19-10-5-2-6-11-19)26-22(18)17-8-3-1-4-9-17/h1-16H,(H,24,28)(H,25,29)/b14-13+. The Labute approximate surface area is 172 Å². The number of benzene rings is 2. The zero-order valence-electron chi connectivity index (χ0n) is 15.9. The second-order valence-electron chi connectivity index (χ2n) is 6.33. The lowest BCUT2D eigenvalue weighted by molar-refractivity contribution is -0.117. The topological polar surface area (TPSA) is 89.2 Å². The molecule has 0 bridgehead atoms. The highest BCUT2D eigenvalue weighted by Crippen LogP contribution is 2.24. The molecule has 0 saturated heterocycles. The molecule has 7 nitrogen and oxygen atoms in total. The average molecular weight is 398 g/mol. The maximum atomic E-state index is 12.1. The van der Waals surface area contributed by atoms with E-state index in [0.717, 1.165) is 22.5 Å². The molecule has 0 radical (unpaired) electrons. The Morgan fingerprint density at radius 2 is 1.63 bits per heavy atom. The number of amides is 2. The summed E-state index contributed by atoms with van der Waals surface area (Å²) >= 11 is 0. The molecular formula is C23H18N4O3. The van der Waals surface area contributed by atoms with Gasteiger partial charge in [-0.1, -0.05) is 48.5 Å². The van der Waals surface area contributed by atoms with Crippen LogP contribution in [0.2, 0.25) is 0 Å². The molecule has 7 heteroatoms. The molecule has 4 aromatic rings. The third-order valence-corrected chi connectivity index (χ3v) is 4.27. The van der Waals surface area contributed by atoms with Crippen molar-refractivity contribution in [1.29, 1.82) is 0 Å². The van der Waals surface area contributed by atoms with E-state index in [-0.39, 0.29) is 5.76 Å². The van der Waals surface area contributed by atoms with Gasteiger partial charge in [-0.05, 0) is 30.3 Å². The highest BCUT2D eigenvalue weighted by molar-refractivity contribution is 5.96. The number of hydrogen-bond acceptors (Lipinski definition) is 4. The van der Waals surface area contributed by atoms with Crippen LogP contribution in [0.25, 0.3) is 23.0 Å². The maximum absolute atomic E-state index is 12.1. The molecule has 0 unspecified atom stereocenters. The van der Waals surface area contributed by atoms with Gasteiger partial charge in [0.05, 0.1) is 17.6 Å². The number of carbonyl (C=O) groups is 2. The Hall–Kier alpha value is -4.39. The normalized spacial score (nSPS) is 10.8. The first kappa shape index (κ1) is 18.9. The number of furan rings is 1. The fraction of sp³-hybridized carbons (Fsp3) is 0. The fourth-order valence-corrected chi connectivity index (χ4v) is 2.84. The number of hydrogen-bond donors (Lipinski definition) is 2. The lowest BCUT2D eigenvalue weighted by Gasteiger charge is -2.02. The SMILES string of the molecule is O=C(/C=C/c1cn(-c2ccccc2)nc1-c1ccccc1)NNC(=O)c1ccco1. The monoisotopic (exact) mass is 398 g/mol. The first-order chi connectivity index (χ1) is 14.7. The molecule has 2 aromatic heterocycles. The van der Waals surface area contributed by atoms with Crippen molar-refractivity contribution < 1.29 is 14.0 Å². The minimum atomic E-state index is -0.538. The van der Waals surface area contributed by atoms with Crippen molar-refractivity contribution in [2.75, 3.05) is 0 Å². The Morgan fingerprint density at radius 1 is 0.900 bits per heavy atom. The van der Waals surface area contributed by atoms with Crippen LogP contribution in [0.15, 0.2) is 95.7 Å². The molecule has 2 N–H and O–H groups in total. The number of nitrogens with zero attached hydrogens (tertiary/aromatic N) is 2. The lowest BCUT2D eigenvalue weighted by Crippen LogP contribution is -2.40. The molecule has 0 aliphatic rings. The van der Waals surface area contributed by atoms with Crippen LogP contribution in [-0.2, 0) is 4.79 Å². The van der Waals surface area contributed by atoms with Crippen LogP contribution in [0.1, 0.15) is 16.1 Å². The van der Waals surface area contributed by atoms with E-state index in [4.69, 9.17) is 4.42 Å². The molecule has 0 spiro atoms. The van der Waals surface area contributed by atoms with Gasteiger partial charge in [0.25, 0.3) is 5.91 Å². The van der Waals surface area contributed by atoms with Crippen molar-refractivity contribution in [1.82, 2.24) is 20.6 Å². The number of hydrazine groups is 1. The Balaban J connectivity index is 1.54. The summed E-state index contributed by atoms with van der Waals surface area (Å²) in [4.78, 5) is 24.0. The quantitative estimate of drug-likeness (QED) is 0.397. The zero-order chi connectivity index (χ0) is 20.8. The van der Waals surface area contributed by atoms with E-state index in [0.29, 0.717) is 0 Å². The van der Waals surface area contributed by atoms with Crippen molar-refractivity contribution in [2.24, 2.45) is 0 Å². The van der Waals surface area contributed by atoms with Crippen molar-refractivity contribution in [3.63, 3.8) is 0 Å². The highest BCUT2D eigenvalue weighted by Gasteiger charge is 2.11. The molecular weight excluding hydrogens is 380 g/mol. The smallest absolute Gasteiger partial charge is 0.305 e. The van der Waals surface area contributed by atoms with Crippen LogP contribution in [0, 0.1) is 0 Å². The van der Waals surface area contributed by atoms with Gasteiger partial charge in [-0.3, -0.25) is 20.4 Å². The molecule has 0 saturated carbocycles. The summed E-state index contributed by atoms with van der Waals surface area (Å²) in [6.45, 7) is 0. The summed E-state index contributed by atoms with van der Waals surface area (Å²) in [5.74, 6) is -0.917. The van der Waals surface area contributed by atoms with E-state index in [1.165, 1.54) is 18.4 Å². The first-order valence-electron chi connectivity index (χ1n) is 9.23. The zero-order valence-corrected chi connectivity index (χ0v) is 15.9. The van der Waals surface area contributed by atoms with Crippen LogP contribution in [0.4, 0.5) is 0 Å². The van der Waals surface area contributed by atoms with Crippen LogP contribution in [0.3, 0.4) is 0 Å². The van der Waals surface area contributed by atoms with Gasteiger partial charge in [0.15, 0.2) is 5.76 Å². The Bertz CT molecular complexity index is 1160. The van der Waals surface area contributed by atoms with Gasteiger partial charge in [0.2, 0.25) is 0 Å². The van der Waals surface area contributed by atoms with E-state index in [1.807, 2.05) is 66.9 Å². The van der Waals surface area contributed by atoms with Gasteiger partial charge in [-0.15, -0.1) is 0 Å². The molecule has 0 fully saturated rings. The van der Waals surface area contributed by atoms with E-state index in [2.05, 4.69) is 16.0 Å². The third kappa shape index (κ3) is 4.36.